The summed E-state index contributed by atoms with van der Waals surface area (Å²) < 4.78 is 1.53. The molecule has 0 bridgehead atoms. The maximum absolute atomic E-state index is 12.6. The van der Waals surface area contributed by atoms with Crippen LogP contribution in [-0.4, -0.2) is 33.3 Å². The number of hydrogen-bond donors (Lipinski definition) is 2. The molecule has 25 heavy (non-hydrogen) atoms. The molecular weight excluding hydrogens is 318 g/mol. The minimum absolute atomic E-state index is 0.0177. The van der Waals surface area contributed by atoms with E-state index in [1.165, 1.54) is 4.68 Å². The molecule has 6 nitrogen and oxygen atoms in total. The van der Waals surface area contributed by atoms with Crippen LogP contribution in [0.5, 0.6) is 0 Å². The summed E-state index contributed by atoms with van der Waals surface area (Å²) in [5.41, 5.74) is 0.775. The van der Waals surface area contributed by atoms with Crippen LogP contribution in [0, 0.1) is 0 Å². The van der Waals surface area contributed by atoms with E-state index in [0.29, 0.717) is 17.7 Å². The fourth-order valence-electron chi connectivity index (χ4n) is 2.84. The first-order chi connectivity index (χ1) is 11.8. The van der Waals surface area contributed by atoms with Crippen molar-refractivity contribution < 1.29 is 14.7 Å². The second-order valence-electron chi connectivity index (χ2n) is 6.52. The lowest BCUT2D eigenvalue weighted by Gasteiger charge is -2.29. The van der Waals surface area contributed by atoms with Gasteiger partial charge >= 0.3 is 5.97 Å². The summed E-state index contributed by atoms with van der Waals surface area (Å²) in [6, 6.07) is 10.8. The zero-order chi connectivity index (χ0) is 18.6. The van der Waals surface area contributed by atoms with E-state index in [0.717, 1.165) is 5.69 Å². The summed E-state index contributed by atoms with van der Waals surface area (Å²) in [5.74, 6) is -1.06. The van der Waals surface area contributed by atoms with Crippen molar-refractivity contribution in [3.05, 3.63) is 53.3 Å². The highest BCUT2D eigenvalue weighted by Gasteiger charge is 2.39. The Labute approximate surface area is 147 Å². The molecule has 1 heterocycles. The molecule has 1 aromatic carbocycles. The van der Waals surface area contributed by atoms with Crippen LogP contribution in [0.15, 0.2) is 36.4 Å². The number of aliphatic carboxylic acids is 1. The van der Waals surface area contributed by atoms with Crippen molar-refractivity contribution >= 4 is 11.9 Å². The van der Waals surface area contributed by atoms with Crippen LogP contribution in [0.1, 0.15) is 54.9 Å². The van der Waals surface area contributed by atoms with Crippen LogP contribution in [0.3, 0.4) is 0 Å². The van der Waals surface area contributed by atoms with Gasteiger partial charge in [-0.2, -0.15) is 5.10 Å². The van der Waals surface area contributed by atoms with E-state index < -0.39 is 11.4 Å². The minimum Gasteiger partial charge on any atom is -0.481 e. The topological polar surface area (TPSA) is 84.2 Å². The van der Waals surface area contributed by atoms with Gasteiger partial charge in [-0.05, 0) is 24.0 Å². The van der Waals surface area contributed by atoms with Crippen LogP contribution >= 0.6 is 0 Å². The number of carbonyl (C=O) groups excluding carboxylic acids is 1. The number of carboxylic acid groups (broad SMARTS) is 1. The van der Waals surface area contributed by atoms with Gasteiger partial charge in [-0.25, -0.2) is 0 Å². The van der Waals surface area contributed by atoms with E-state index in [-0.39, 0.29) is 18.4 Å². The molecule has 0 saturated carbocycles. The molecule has 1 atom stereocenters. The summed E-state index contributed by atoms with van der Waals surface area (Å²) in [5, 5.41) is 16.9. The molecule has 0 radical (unpaired) electrons. The lowest BCUT2D eigenvalue weighted by molar-refractivity contribution is -0.143. The van der Waals surface area contributed by atoms with Gasteiger partial charge < -0.3 is 10.4 Å². The summed E-state index contributed by atoms with van der Waals surface area (Å²) in [6.45, 7) is 5.84. The van der Waals surface area contributed by atoms with Gasteiger partial charge in [0.15, 0.2) is 0 Å². The van der Waals surface area contributed by atoms with Gasteiger partial charge in [0.25, 0.3) is 5.91 Å². The third kappa shape index (κ3) is 3.73. The molecule has 0 aliphatic heterocycles. The second-order valence-corrected chi connectivity index (χ2v) is 6.52. The predicted octanol–water partition coefficient (Wildman–Crippen LogP) is 2.71. The summed E-state index contributed by atoms with van der Waals surface area (Å²) in [4.78, 5) is 24.5. The Hall–Kier alpha value is -2.63. The number of nitrogens with one attached hydrogen (secondary N) is 1. The first-order valence-electron chi connectivity index (χ1n) is 8.43. The molecule has 1 unspecified atom stereocenters. The zero-order valence-corrected chi connectivity index (χ0v) is 15.1. The van der Waals surface area contributed by atoms with Gasteiger partial charge in [-0.15, -0.1) is 0 Å². The van der Waals surface area contributed by atoms with E-state index in [1.54, 1.807) is 37.4 Å². The smallest absolute Gasteiger partial charge is 0.315 e. The fraction of sp³-hybridized carbons (Fsp3) is 0.421. The van der Waals surface area contributed by atoms with Crippen LogP contribution in [0.4, 0.5) is 0 Å². The van der Waals surface area contributed by atoms with Gasteiger partial charge in [0.2, 0.25) is 0 Å². The Kier molecular flexibility index (Phi) is 5.62. The molecular formula is C19H25N3O3. The molecule has 0 aliphatic rings. The Bertz CT molecular complexity index is 753. The van der Waals surface area contributed by atoms with Crippen LogP contribution < -0.4 is 5.32 Å². The van der Waals surface area contributed by atoms with Gasteiger partial charge in [0.1, 0.15) is 11.1 Å². The number of amides is 1. The van der Waals surface area contributed by atoms with Gasteiger partial charge in [0, 0.05) is 13.6 Å². The molecule has 2 N–H and O–H groups in total. The lowest BCUT2D eigenvalue weighted by atomic mass is 9.78. The highest BCUT2D eigenvalue weighted by atomic mass is 16.4. The third-order valence-corrected chi connectivity index (χ3v) is 4.61. The number of carbonyl (C=O) groups is 2. The normalized spacial score (nSPS) is 13.5. The first-order valence-corrected chi connectivity index (χ1v) is 8.43. The fourth-order valence-corrected chi connectivity index (χ4v) is 2.84. The number of aryl methyl sites for hydroxylation is 1. The standard InChI is InChI=1S/C19H25N3O3/c1-5-19(18(24)25,14-9-7-6-8-10-14)12-20-17(23)16-11-15(13(2)3)21-22(16)4/h6-11,13H,5,12H2,1-4H3,(H,20,23)(H,24,25). The largest absolute Gasteiger partial charge is 0.481 e. The maximum Gasteiger partial charge on any atom is 0.315 e. The van der Waals surface area contributed by atoms with Gasteiger partial charge in [0.05, 0.1) is 5.69 Å². The van der Waals surface area contributed by atoms with Crippen molar-refractivity contribution in [3.63, 3.8) is 0 Å². The SMILES string of the molecule is CCC(CNC(=O)c1cc(C(C)C)nn1C)(C(=O)O)c1ccccc1. The van der Waals surface area contributed by atoms with Gasteiger partial charge in [-0.1, -0.05) is 51.1 Å². The molecule has 0 fully saturated rings. The summed E-state index contributed by atoms with van der Waals surface area (Å²) >= 11 is 0. The Morgan fingerprint density at radius 3 is 2.40 bits per heavy atom. The van der Waals surface area contributed by atoms with Crippen LogP contribution in [0.2, 0.25) is 0 Å². The molecule has 2 aromatic rings. The van der Waals surface area contributed by atoms with Gasteiger partial charge in [-0.3, -0.25) is 14.3 Å². The molecule has 0 saturated heterocycles. The van der Waals surface area contributed by atoms with E-state index in [1.807, 2.05) is 26.8 Å². The van der Waals surface area contributed by atoms with Crippen molar-refractivity contribution in [3.8, 4) is 0 Å². The summed E-state index contributed by atoms with van der Waals surface area (Å²) in [7, 11) is 1.71. The van der Waals surface area contributed by atoms with E-state index in [4.69, 9.17) is 0 Å². The highest BCUT2D eigenvalue weighted by molar-refractivity contribution is 5.93. The Morgan fingerprint density at radius 1 is 1.28 bits per heavy atom. The van der Waals surface area contributed by atoms with Crippen LogP contribution in [-0.2, 0) is 17.3 Å². The zero-order valence-electron chi connectivity index (χ0n) is 15.1. The summed E-state index contributed by atoms with van der Waals surface area (Å²) in [6.07, 6.45) is 0.370. The maximum atomic E-state index is 12.6. The lowest BCUT2D eigenvalue weighted by Crippen LogP contribution is -2.46. The number of hydrogen-bond acceptors (Lipinski definition) is 3. The number of carboxylic acids is 1. The Balaban J connectivity index is 2.24. The molecule has 0 aliphatic carbocycles. The molecule has 2 rings (SSSR count). The molecule has 6 heteroatoms. The highest BCUT2D eigenvalue weighted by Crippen LogP contribution is 2.28. The molecule has 1 amide bonds. The number of rotatable bonds is 7. The second kappa shape index (κ2) is 7.51. The molecule has 0 spiro atoms. The monoisotopic (exact) mass is 343 g/mol. The first kappa shape index (κ1) is 18.7. The van der Waals surface area contributed by atoms with Crippen molar-refractivity contribution in [2.24, 2.45) is 7.05 Å². The van der Waals surface area contributed by atoms with E-state index >= 15 is 0 Å². The average molecular weight is 343 g/mol. The quantitative estimate of drug-likeness (QED) is 0.809. The molecule has 134 valence electrons. The number of nitrogens with zero attached hydrogens (tertiary/aromatic N) is 2. The van der Waals surface area contributed by atoms with Crippen molar-refractivity contribution in [1.82, 2.24) is 15.1 Å². The number of benzene rings is 1. The third-order valence-electron chi connectivity index (χ3n) is 4.61. The van der Waals surface area contributed by atoms with E-state index in [2.05, 4.69) is 10.4 Å². The minimum atomic E-state index is -1.16. The van der Waals surface area contributed by atoms with Crippen molar-refractivity contribution in [2.75, 3.05) is 6.54 Å². The predicted molar refractivity (Wildman–Crippen MR) is 95.7 cm³/mol. The van der Waals surface area contributed by atoms with E-state index in [9.17, 15) is 14.7 Å². The van der Waals surface area contributed by atoms with Crippen molar-refractivity contribution in [1.29, 1.82) is 0 Å². The molecule has 1 aromatic heterocycles. The number of aromatic nitrogens is 2. The van der Waals surface area contributed by atoms with Crippen molar-refractivity contribution in [2.45, 2.75) is 38.5 Å². The van der Waals surface area contributed by atoms with Crippen LogP contribution in [0.25, 0.3) is 0 Å². The Morgan fingerprint density at radius 2 is 1.92 bits per heavy atom. The average Bonchev–Trinajstić information content (AvgIpc) is 2.98.